The van der Waals surface area contributed by atoms with Gasteiger partial charge in [-0.2, -0.15) is 0 Å². The summed E-state index contributed by atoms with van der Waals surface area (Å²) in [5.41, 5.74) is 1.39. The highest BCUT2D eigenvalue weighted by atomic mass is 16.2. The molecule has 0 unspecified atom stereocenters. The first-order valence-electron chi connectivity index (χ1n) is 5.91. The van der Waals surface area contributed by atoms with E-state index >= 15 is 0 Å². The van der Waals surface area contributed by atoms with Gasteiger partial charge in [-0.05, 0) is 18.6 Å². The Hall–Kier alpha value is -1.84. The summed E-state index contributed by atoms with van der Waals surface area (Å²) in [4.78, 5) is 18.2. The number of unbranched alkanes of at least 4 members (excludes halogenated alkanes) is 1. The largest absolute Gasteiger partial charge is 0.342 e. The first-order valence-corrected chi connectivity index (χ1v) is 5.91. The second-order valence-corrected chi connectivity index (χ2v) is 4.16. The molecule has 0 saturated heterocycles. The third-order valence-corrected chi connectivity index (χ3v) is 2.84. The molecule has 2 rings (SSSR count). The van der Waals surface area contributed by atoms with Crippen LogP contribution in [0.15, 0.2) is 30.7 Å². The lowest BCUT2D eigenvalue weighted by atomic mass is 10.2. The first kappa shape index (κ1) is 11.6. The molecular weight excluding hydrogens is 214 g/mol. The molecule has 0 aliphatic rings. The van der Waals surface area contributed by atoms with Gasteiger partial charge in [0.25, 0.3) is 5.91 Å². The van der Waals surface area contributed by atoms with Crippen LogP contribution in [0.1, 0.15) is 30.1 Å². The van der Waals surface area contributed by atoms with E-state index in [4.69, 9.17) is 0 Å². The van der Waals surface area contributed by atoms with Crippen molar-refractivity contribution >= 4 is 11.6 Å². The van der Waals surface area contributed by atoms with E-state index in [0.717, 1.165) is 25.0 Å². The fourth-order valence-electron chi connectivity index (χ4n) is 1.82. The third-order valence-electron chi connectivity index (χ3n) is 2.84. The summed E-state index contributed by atoms with van der Waals surface area (Å²) in [7, 11) is 1.84. The van der Waals surface area contributed by atoms with E-state index in [2.05, 4.69) is 11.9 Å². The minimum Gasteiger partial charge on any atom is -0.342 e. The number of amides is 1. The third kappa shape index (κ3) is 2.30. The van der Waals surface area contributed by atoms with E-state index in [0.29, 0.717) is 5.56 Å². The van der Waals surface area contributed by atoms with Crippen molar-refractivity contribution in [2.75, 3.05) is 13.6 Å². The Bertz CT molecular complexity index is 518. The second kappa shape index (κ2) is 4.99. The molecule has 2 aromatic rings. The van der Waals surface area contributed by atoms with Crippen molar-refractivity contribution in [1.29, 1.82) is 0 Å². The van der Waals surface area contributed by atoms with Crippen LogP contribution < -0.4 is 0 Å². The Kier molecular flexibility index (Phi) is 3.42. The summed E-state index contributed by atoms with van der Waals surface area (Å²) >= 11 is 0. The highest BCUT2D eigenvalue weighted by molar-refractivity contribution is 5.99. The molecule has 0 N–H and O–H groups in total. The van der Waals surface area contributed by atoms with E-state index in [1.807, 2.05) is 36.0 Å². The van der Waals surface area contributed by atoms with Crippen LogP contribution in [0.4, 0.5) is 0 Å². The normalized spacial score (nSPS) is 10.7. The second-order valence-electron chi connectivity index (χ2n) is 4.16. The van der Waals surface area contributed by atoms with Gasteiger partial charge in [-0.15, -0.1) is 0 Å². The molecule has 90 valence electrons. The average molecular weight is 231 g/mol. The Morgan fingerprint density at radius 2 is 2.29 bits per heavy atom. The van der Waals surface area contributed by atoms with E-state index in [-0.39, 0.29) is 5.91 Å². The van der Waals surface area contributed by atoms with Gasteiger partial charge >= 0.3 is 0 Å². The van der Waals surface area contributed by atoms with Crippen molar-refractivity contribution < 1.29 is 4.79 Å². The number of rotatable bonds is 4. The predicted octanol–water partition coefficient (Wildman–Crippen LogP) is 2.21. The minimum atomic E-state index is 0.0373. The standard InChI is InChI=1S/C13H17N3O/c1-3-4-8-15(2)13(17)11-6-5-9-16-10-7-14-12(11)16/h5-7,9-10H,3-4,8H2,1-2H3. The maximum Gasteiger partial charge on any atom is 0.257 e. The van der Waals surface area contributed by atoms with Crippen LogP contribution >= 0.6 is 0 Å². The van der Waals surface area contributed by atoms with Gasteiger partial charge in [0.1, 0.15) is 5.65 Å². The molecule has 17 heavy (non-hydrogen) atoms. The van der Waals surface area contributed by atoms with Gasteiger partial charge in [0.15, 0.2) is 0 Å². The van der Waals surface area contributed by atoms with Crippen LogP contribution in [0, 0.1) is 0 Å². The highest BCUT2D eigenvalue weighted by Crippen LogP contribution is 2.11. The summed E-state index contributed by atoms with van der Waals surface area (Å²) < 4.78 is 1.86. The molecule has 0 atom stereocenters. The van der Waals surface area contributed by atoms with Crippen LogP contribution in [0.25, 0.3) is 5.65 Å². The molecule has 2 aromatic heterocycles. The summed E-state index contributed by atoms with van der Waals surface area (Å²) in [6, 6.07) is 3.70. The zero-order chi connectivity index (χ0) is 12.3. The number of hydrogen-bond donors (Lipinski definition) is 0. The molecular formula is C13H17N3O. The summed E-state index contributed by atoms with van der Waals surface area (Å²) in [6.07, 6.45) is 7.56. The molecule has 0 radical (unpaired) electrons. The lowest BCUT2D eigenvalue weighted by Gasteiger charge is -2.16. The van der Waals surface area contributed by atoms with Crippen LogP contribution in [0.3, 0.4) is 0 Å². The maximum absolute atomic E-state index is 12.2. The topological polar surface area (TPSA) is 37.6 Å². The van der Waals surface area contributed by atoms with Crippen LogP contribution in [0.5, 0.6) is 0 Å². The lowest BCUT2D eigenvalue weighted by Crippen LogP contribution is -2.28. The Balaban J connectivity index is 2.27. The molecule has 2 heterocycles. The van der Waals surface area contributed by atoms with Crippen molar-refractivity contribution in [2.24, 2.45) is 0 Å². The maximum atomic E-state index is 12.2. The summed E-state index contributed by atoms with van der Waals surface area (Å²) in [5.74, 6) is 0.0373. The number of imidazole rings is 1. The van der Waals surface area contributed by atoms with E-state index in [9.17, 15) is 4.79 Å². The zero-order valence-corrected chi connectivity index (χ0v) is 10.3. The van der Waals surface area contributed by atoms with Crippen molar-refractivity contribution in [3.05, 3.63) is 36.3 Å². The quantitative estimate of drug-likeness (QED) is 0.809. The number of hydrogen-bond acceptors (Lipinski definition) is 2. The number of carbonyl (C=O) groups is 1. The molecule has 4 heteroatoms. The molecule has 0 spiro atoms. The smallest absolute Gasteiger partial charge is 0.257 e. The lowest BCUT2D eigenvalue weighted by molar-refractivity contribution is 0.0794. The van der Waals surface area contributed by atoms with Crippen LogP contribution in [0.2, 0.25) is 0 Å². The molecule has 0 fully saturated rings. The van der Waals surface area contributed by atoms with Crippen molar-refractivity contribution in [3.63, 3.8) is 0 Å². The minimum absolute atomic E-state index is 0.0373. The van der Waals surface area contributed by atoms with Gasteiger partial charge in [-0.1, -0.05) is 13.3 Å². The number of nitrogens with zero attached hydrogens (tertiary/aromatic N) is 3. The van der Waals surface area contributed by atoms with Crippen molar-refractivity contribution in [1.82, 2.24) is 14.3 Å². The van der Waals surface area contributed by atoms with Crippen molar-refractivity contribution in [2.45, 2.75) is 19.8 Å². The summed E-state index contributed by atoms with van der Waals surface area (Å²) in [5, 5.41) is 0. The fourth-order valence-corrected chi connectivity index (χ4v) is 1.82. The van der Waals surface area contributed by atoms with Crippen LogP contribution in [-0.2, 0) is 0 Å². The predicted molar refractivity (Wildman–Crippen MR) is 67.1 cm³/mol. The van der Waals surface area contributed by atoms with Gasteiger partial charge in [-0.3, -0.25) is 4.79 Å². The van der Waals surface area contributed by atoms with Gasteiger partial charge in [-0.25, -0.2) is 4.98 Å². The highest BCUT2D eigenvalue weighted by Gasteiger charge is 2.15. The molecule has 0 aromatic carbocycles. The SMILES string of the molecule is CCCCN(C)C(=O)c1cccn2ccnc12. The van der Waals surface area contributed by atoms with Gasteiger partial charge in [0, 0.05) is 32.2 Å². The average Bonchev–Trinajstić information content (AvgIpc) is 2.82. The van der Waals surface area contributed by atoms with E-state index in [1.54, 1.807) is 11.1 Å². The monoisotopic (exact) mass is 231 g/mol. The number of fused-ring (bicyclic) bond motifs is 1. The fraction of sp³-hybridized carbons (Fsp3) is 0.385. The van der Waals surface area contributed by atoms with Gasteiger partial charge < -0.3 is 9.30 Å². The molecule has 0 aliphatic heterocycles. The van der Waals surface area contributed by atoms with Crippen molar-refractivity contribution in [3.8, 4) is 0 Å². The van der Waals surface area contributed by atoms with Gasteiger partial charge in [0.05, 0.1) is 5.56 Å². The van der Waals surface area contributed by atoms with Crippen LogP contribution in [-0.4, -0.2) is 33.8 Å². The molecule has 1 amide bonds. The Labute approximate surface area is 101 Å². The molecule has 0 saturated carbocycles. The number of pyridine rings is 1. The van der Waals surface area contributed by atoms with Gasteiger partial charge in [0.2, 0.25) is 0 Å². The Morgan fingerprint density at radius 3 is 3.06 bits per heavy atom. The van der Waals surface area contributed by atoms with E-state index < -0.39 is 0 Å². The zero-order valence-electron chi connectivity index (χ0n) is 10.3. The Morgan fingerprint density at radius 1 is 1.47 bits per heavy atom. The molecule has 4 nitrogen and oxygen atoms in total. The first-order chi connectivity index (χ1) is 8.24. The summed E-state index contributed by atoms with van der Waals surface area (Å²) in [6.45, 7) is 2.91. The number of aromatic nitrogens is 2. The molecule has 0 bridgehead atoms. The number of carbonyl (C=O) groups excluding carboxylic acids is 1. The molecule has 0 aliphatic carbocycles. The van der Waals surface area contributed by atoms with E-state index in [1.165, 1.54) is 0 Å².